The van der Waals surface area contributed by atoms with Crippen LogP contribution in [0.1, 0.15) is 12.5 Å². The molecule has 26 heavy (non-hydrogen) atoms. The zero-order valence-corrected chi connectivity index (χ0v) is 15.0. The van der Waals surface area contributed by atoms with Crippen LogP contribution in [0.15, 0.2) is 48.5 Å². The van der Waals surface area contributed by atoms with E-state index in [4.69, 9.17) is 9.47 Å². The Morgan fingerprint density at radius 1 is 1.12 bits per heavy atom. The van der Waals surface area contributed by atoms with E-state index in [1.165, 1.54) is 0 Å². The molecule has 0 atom stereocenters. The highest BCUT2D eigenvalue weighted by atomic mass is 16.5. The molecule has 1 heterocycles. The number of morpholine rings is 1. The number of rotatable bonds is 6. The summed E-state index contributed by atoms with van der Waals surface area (Å²) < 4.78 is 10.8. The topological polar surface area (TPSA) is 62.8 Å². The molecule has 0 spiro atoms. The van der Waals surface area contributed by atoms with Gasteiger partial charge in [0.2, 0.25) is 0 Å². The summed E-state index contributed by atoms with van der Waals surface area (Å²) in [5, 5.41) is 5.85. The fraction of sp³-hybridized carbons (Fsp3) is 0.350. The summed E-state index contributed by atoms with van der Waals surface area (Å²) >= 11 is 0. The number of ether oxygens (including phenoxy) is 2. The Hall–Kier alpha value is -2.73. The van der Waals surface area contributed by atoms with Crippen molar-refractivity contribution in [3.63, 3.8) is 0 Å². The number of carbonyl (C=O) groups is 1. The van der Waals surface area contributed by atoms with Crippen molar-refractivity contribution in [3.05, 3.63) is 54.1 Å². The molecule has 1 aliphatic heterocycles. The van der Waals surface area contributed by atoms with E-state index in [1.807, 2.05) is 55.5 Å². The highest BCUT2D eigenvalue weighted by Crippen LogP contribution is 2.26. The number of amides is 2. The van der Waals surface area contributed by atoms with E-state index in [-0.39, 0.29) is 6.03 Å². The van der Waals surface area contributed by atoms with Crippen molar-refractivity contribution in [2.45, 2.75) is 13.5 Å². The lowest BCUT2D eigenvalue weighted by Crippen LogP contribution is -2.37. The summed E-state index contributed by atoms with van der Waals surface area (Å²) in [4.78, 5) is 14.5. The maximum Gasteiger partial charge on any atom is 0.319 e. The van der Waals surface area contributed by atoms with Crippen LogP contribution in [-0.2, 0) is 11.3 Å². The summed E-state index contributed by atoms with van der Waals surface area (Å²) in [5.74, 6) is 0.833. The predicted molar refractivity (Wildman–Crippen MR) is 103 cm³/mol. The number of hydrogen-bond donors (Lipinski definition) is 2. The van der Waals surface area contributed by atoms with Gasteiger partial charge >= 0.3 is 6.03 Å². The van der Waals surface area contributed by atoms with Crippen LogP contribution in [0.2, 0.25) is 0 Å². The molecule has 138 valence electrons. The molecule has 2 aromatic carbocycles. The maximum atomic E-state index is 12.3. The Morgan fingerprint density at radius 3 is 2.58 bits per heavy atom. The summed E-state index contributed by atoms with van der Waals surface area (Å²) in [6, 6.07) is 15.3. The van der Waals surface area contributed by atoms with E-state index in [2.05, 4.69) is 15.5 Å². The Bertz CT molecular complexity index is 712. The Labute approximate surface area is 154 Å². The van der Waals surface area contributed by atoms with Gasteiger partial charge in [-0.05, 0) is 36.8 Å². The number of para-hydroxylation sites is 2. The monoisotopic (exact) mass is 355 g/mol. The molecule has 6 nitrogen and oxygen atoms in total. The minimum atomic E-state index is -0.223. The van der Waals surface area contributed by atoms with Gasteiger partial charge in [-0.3, -0.25) is 0 Å². The molecule has 2 N–H and O–H groups in total. The Balaban J connectivity index is 1.56. The van der Waals surface area contributed by atoms with Crippen molar-refractivity contribution >= 4 is 17.4 Å². The molecule has 1 saturated heterocycles. The van der Waals surface area contributed by atoms with Crippen LogP contribution in [0, 0.1) is 0 Å². The van der Waals surface area contributed by atoms with Crippen LogP contribution in [-0.4, -0.2) is 38.9 Å². The first-order valence-corrected chi connectivity index (χ1v) is 8.94. The van der Waals surface area contributed by atoms with Crippen molar-refractivity contribution in [2.75, 3.05) is 43.1 Å². The zero-order chi connectivity index (χ0) is 18.2. The van der Waals surface area contributed by atoms with Crippen molar-refractivity contribution in [2.24, 2.45) is 0 Å². The summed E-state index contributed by atoms with van der Waals surface area (Å²) in [7, 11) is 0. The maximum absolute atomic E-state index is 12.3. The molecule has 0 saturated carbocycles. The molecule has 2 amide bonds. The van der Waals surface area contributed by atoms with E-state index in [0.29, 0.717) is 26.4 Å². The van der Waals surface area contributed by atoms with E-state index >= 15 is 0 Å². The largest absolute Gasteiger partial charge is 0.494 e. The standard InChI is InChI=1S/C20H25N3O3/c1-2-26-17-9-7-16(8-10-17)15-21-20(24)22-18-5-3-4-6-19(18)23-11-13-25-14-12-23/h3-10H,2,11-15H2,1H3,(H2,21,22,24). The molecule has 0 bridgehead atoms. The van der Waals surface area contributed by atoms with E-state index in [1.54, 1.807) is 0 Å². The van der Waals surface area contributed by atoms with Gasteiger partial charge in [0.05, 0.1) is 31.2 Å². The van der Waals surface area contributed by atoms with Gasteiger partial charge in [-0.15, -0.1) is 0 Å². The molecule has 3 rings (SSSR count). The summed E-state index contributed by atoms with van der Waals surface area (Å²) in [6.07, 6.45) is 0. The number of nitrogens with one attached hydrogen (secondary N) is 2. The molecule has 0 aliphatic carbocycles. The molecule has 1 aliphatic rings. The molecule has 1 fully saturated rings. The van der Waals surface area contributed by atoms with Crippen LogP contribution in [0.3, 0.4) is 0 Å². The van der Waals surface area contributed by atoms with Gasteiger partial charge in [0, 0.05) is 19.6 Å². The Kier molecular flexibility index (Phi) is 6.33. The third kappa shape index (κ3) is 4.89. The van der Waals surface area contributed by atoms with Gasteiger partial charge in [-0.1, -0.05) is 24.3 Å². The Morgan fingerprint density at radius 2 is 1.85 bits per heavy atom. The fourth-order valence-corrected chi connectivity index (χ4v) is 2.88. The second-order valence-electron chi connectivity index (χ2n) is 6.00. The van der Waals surface area contributed by atoms with Crippen molar-refractivity contribution in [1.29, 1.82) is 0 Å². The smallest absolute Gasteiger partial charge is 0.319 e. The highest BCUT2D eigenvalue weighted by Gasteiger charge is 2.15. The fourth-order valence-electron chi connectivity index (χ4n) is 2.88. The lowest BCUT2D eigenvalue weighted by atomic mass is 10.2. The van der Waals surface area contributed by atoms with E-state index in [0.717, 1.165) is 35.8 Å². The van der Waals surface area contributed by atoms with Gasteiger partial charge in [-0.25, -0.2) is 4.79 Å². The van der Waals surface area contributed by atoms with Gasteiger partial charge in [-0.2, -0.15) is 0 Å². The first-order chi connectivity index (χ1) is 12.8. The van der Waals surface area contributed by atoms with E-state index in [9.17, 15) is 4.79 Å². The van der Waals surface area contributed by atoms with Gasteiger partial charge < -0.3 is 25.0 Å². The third-order valence-corrected chi connectivity index (χ3v) is 4.19. The SMILES string of the molecule is CCOc1ccc(CNC(=O)Nc2ccccc2N2CCOCC2)cc1. The van der Waals surface area contributed by atoms with Crippen LogP contribution in [0.4, 0.5) is 16.2 Å². The third-order valence-electron chi connectivity index (χ3n) is 4.19. The number of benzene rings is 2. The predicted octanol–water partition coefficient (Wildman–Crippen LogP) is 3.24. The number of urea groups is 1. The summed E-state index contributed by atoms with van der Waals surface area (Å²) in [5.41, 5.74) is 2.84. The number of nitrogens with zero attached hydrogens (tertiary/aromatic N) is 1. The lowest BCUT2D eigenvalue weighted by Gasteiger charge is -2.30. The van der Waals surface area contributed by atoms with Gasteiger partial charge in [0.25, 0.3) is 0 Å². The molecule has 6 heteroatoms. The second kappa shape index (κ2) is 9.10. The lowest BCUT2D eigenvalue weighted by molar-refractivity contribution is 0.123. The van der Waals surface area contributed by atoms with Crippen LogP contribution < -0.4 is 20.3 Å². The number of carbonyl (C=O) groups excluding carboxylic acids is 1. The number of anilines is 2. The number of hydrogen-bond acceptors (Lipinski definition) is 4. The van der Waals surface area contributed by atoms with Crippen LogP contribution in [0.5, 0.6) is 5.75 Å². The van der Waals surface area contributed by atoms with E-state index < -0.39 is 0 Å². The average Bonchev–Trinajstić information content (AvgIpc) is 2.69. The van der Waals surface area contributed by atoms with Crippen LogP contribution >= 0.6 is 0 Å². The van der Waals surface area contributed by atoms with Crippen molar-refractivity contribution in [3.8, 4) is 5.75 Å². The molecule has 0 aromatic heterocycles. The molecule has 0 unspecified atom stereocenters. The molecular formula is C20H25N3O3. The van der Waals surface area contributed by atoms with Gasteiger partial charge in [0.15, 0.2) is 0 Å². The molecule has 0 radical (unpaired) electrons. The quantitative estimate of drug-likeness (QED) is 0.835. The average molecular weight is 355 g/mol. The van der Waals surface area contributed by atoms with Crippen LogP contribution in [0.25, 0.3) is 0 Å². The first-order valence-electron chi connectivity index (χ1n) is 8.94. The second-order valence-corrected chi connectivity index (χ2v) is 6.00. The minimum Gasteiger partial charge on any atom is -0.494 e. The van der Waals surface area contributed by atoms with Crippen molar-refractivity contribution < 1.29 is 14.3 Å². The first kappa shape index (κ1) is 18.1. The minimum absolute atomic E-state index is 0.223. The summed E-state index contributed by atoms with van der Waals surface area (Å²) in [6.45, 7) is 6.12. The molecule has 2 aromatic rings. The molecular weight excluding hydrogens is 330 g/mol. The van der Waals surface area contributed by atoms with Gasteiger partial charge in [0.1, 0.15) is 5.75 Å². The normalized spacial score (nSPS) is 14.0. The highest BCUT2D eigenvalue weighted by molar-refractivity contribution is 5.93. The van der Waals surface area contributed by atoms with Crippen molar-refractivity contribution in [1.82, 2.24) is 5.32 Å². The zero-order valence-electron chi connectivity index (χ0n) is 15.0.